The second-order valence-corrected chi connectivity index (χ2v) is 8.58. The average Bonchev–Trinajstić information content (AvgIpc) is 3.21. The van der Waals surface area contributed by atoms with Crippen LogP contribution < -0.4 is 0 Å². The van der Waals surface area contributed by atoms with Gasteiger partial charge in [0.05, 0.1) is 19.3 Å². The van der Waals surface area contributed by atoms with Gasteiger partial charge in [-0.2, -0.15) is 0 Å². The van der Waals surface area contributed by atoms with Gasteiger partial charge in [0.2, 0.25) is 0 Å². The molecule has 5 rings (SSSR count). The highest BCUT2D eigenvalue weighted by molar-refractivity contribution is 5.44. The van der Waals surface area contributed by atoms with Crippen LogP contribution in [0, 0.1) is 30.1 Å². The van der Waals surface area contributed by atoms with Crippen molar-refractivity contribution in [1.82, 2.24) is 0 Å². The summed E-state index contributed by atoms with van der Waals surface area (Å²) in [4.78, 5) is 0. The summed E-state index contributed by atoms with van der Waals surface area (Å²) in [7, 11) is 0. The van der Waals surface area contributed by atoms with Crippen molar-refractivity contribution >= 4 is 0 Å². The van der Waals surface area contributed by atoms with E-state index in [9.17, 15) is 5.11 Å². The van der Waals surface area contributed by atoms with Gasteiger partial charge in [-0.05, 0) is 61.5 Å². The van der Waals surface area contributed by atoms with Crippen LogP contribution in [0.2, 0.25) is 0 Å². The molecule has 0 amide bonds. The smallest absolute Gasteiger partial charge is 0.172 e. The maximum absolute atomic E-state index is 10.5. The third kappa shape index (κ3) is 2.53. The molecule has 2 fully saturated rings. The third-order valence-electron chi connectivity index (χ3n) is 7.59. The standard InChI is InChI=1S/C20H28O3.C2H2/c1-19-8-6-15-14-7-9-20(22-10-11-23-20)12-13(14)2-3-16(15)17(19)4-5-18(19)21;1-2/h6,16-18,21H,2-5,7-12H2,1H3;1-2H. The SMILES string of the molecule is C#C.CC12CC=C3C4=C(CCC3C1CCC2O)CC1(CC4)OCCO1. The van der Waals surface area contributed by atoms with Crippen molar-refractivity contribution in [2.45, 2.75) is 70.2 Å². The molecule has 0 radical (unpaired) electrons. The molecule has 1 N–H and O–H groups in total. The molecular weight excluding hydrogens is 312 g/mol. The Balaban J connectivity index is 0.000000758. The number of rotatable bonds is 0. The number of terminal acetylenes is 1. The summed E-state index contributed by atoms with van der Waals surface area (Å²) in [6.07, 6.45) is 19.2. The Labute approximate surface area is 151 Å². The molecule has 3 heteroatoms. The van der Waals surface area contributed by atoms with Gasteiger partial charge in [-0.3, -0.25) is 0 Å². The van der Waals surface area contributed by atoms with Gasteiger partial charge in [0.1, 0.15) is 0 Å². The van der Waals surface area contributed by atoms with Crippen LogP contribution in [0.15, 0.2) is 22.8 Å². The minimum atomic E-state index is -0.293. The highest BCUT2D eigenvalue weighted by Crippen LogP contribution is 2.59. The first-order valence-electron chi connectivity index (χ1n) is 9.82. The number of aliphatic hydroxyl groups excluding tert-OH is 1. The average molecular weight is 342 g/mol. The van der Waals surface area contributed by atoms with E-state index < -0.39 is 0 Å². The molecule has 4 aliphatic carbocycles. The van der Waals surface area contributed by atoms with E-state index in [0.29, 0.717) is 11.8 Å². The summed E-state index contributed by atoms with van der Waals surface area (Å²) in [5.41, 5.74) is 4.99. The van der Waals surface area contributed by atoms with Crippen LogP contribution in [0.3, 0.4) is 0 Å². The molecule has 0 aromatic carbocycles. The van der Waals surface area contributed by atoms with E-state index >= 15 is 0 Å². The summed E-state index contributed by atoms with van der Waals surface area (Å²) in [5.74, 6) is 1.07. The molecule has 1 spiro atoms. The predicted molar refractivity (Wildman–Crippen MR) is 97.7 cm³/mol. The Morgan fingerprint density at radius 2 is 1.88 bits per heavy atom. The van der Waals surface area contributed by atoms with Gasteiger partial charge < -0.3 is 14.6 Å². The molecule has 136 valence electrons. The highest BCUT2D eigenvalue weighted by atomic mass is 16.7. The second-order valence-electron chi connectivity index (χ2n) is 8.58. The van der Waals surface area contributed by atoms with E-state index in [0.717, 1.165) is 45.3 Å². The zero-order chi connectivity index (χ0) is 17.7. The predicted octanol–water partition coefficient (Wildman–Crippen LogP) is 3.98. The van der Waals surface area contributed by atoms with Crippen molar-refractivity contribution in [2.75, 3.05) is 13.2 Å². The first-order valence-corrected chi connectivity index (χ1v) is 9.82. The molecule has 5 aliphatic rings. The van der Waals surface area contributed by atoms with Crippen LogP contribution in [0.5, 0.6) is 0 Å². The van der Waals surface area contributed by atoms with Crippen LogP contribution in [0.1, 0.15) is 58.3 Å². The van der Waals surface area contributed by atoms with Gasteiger partial charge in [0, 0.05) is 18.3 Å². The maximum atomic E-state index is 10.5. The van der Waals surface area contributed by atoms with Crippen LogP contribution >= 0.6 is 0 Å². The fourth-order valence-corrected chi connectivity index (χ4v) is 6.27. The monoisotopic (exact) mass is 342 g/mol. The second kappa shape index (κ2) is 6.27. The van der Waals surface area contributed by atoms with E-state index in [-0.39, 0.29) is 17.3 Å². The number of hydrogen-bond donors (Lipinski definition) is 1. The number of ether oxygens (including phenoxy) is 2. The van der Waals surface area contributed by atoms with Crippen molar-refractivity contribution in [3.63, 3.8) is 0 Å². The third-order valence-corrected chi connectivity index (χ3v) is 7.59. The quantitative estimate of drug-likeness (QED) is 0.677. The first-order chi connectivity index (χ1) is 12.1. The molecule has 1 heterocycles. The van der Waals surface area contributed by atoms with Crippen LogP contribution in [-0.2, 0) is 9.47 Å². The molecule has 4 atom stereocenters. The number of hydrogen-bond acceptors (Lipinski definition) is 3. The Morgan fingerprint density at radius 1 is 1.12 bits per heavy atom. The fourth-order valence-electron chi connectivity index (χ4n) is 6.27. The van der Waals surface area contributed by atoms with Crippen LogP contribution in [0.25, 0.3) is 0 Å². The first kappa shape index (κ1) is 17.3. The lowest BCUT2D eigenvalue weighted by atomic mass is 9.58. The molecule has 1 saturated heterocycles. The van der Waals surface area contributed by atoms with E-state index in [2.05, 4.69) is 25.8 Å². The van der Waals surface area contributed by atoms with Gasteiger partial charge in [0.15, 0.2) is 5.79 Å². The molecule has 1 aliphatic heterocycles. The van der Waals surface area contributed by atoms with Gasteiger partial charge in [-0.15, -0.1) is 12.8 Å². The minimum Gasteiger partial charge on any atom is -0.393 e. The lowest BCUT2D eigenvalue weighted by Crippen LogP contribution is -2.42. The molecule has 3 nitrogen and oxygen atoms in total. The Hall–Kier alpha value is -1.08. The Morgan fingerprint density at radius 3 is 2.64 bits per heavy atom. The summed E-state index contributed by atoms with van der Waals surface area (Å²) >= 11 is 0. The van der Waals surface area contributed by atoms with Gasteiger partial charge in [-0.25, -0.2) is 0 Å². The molecular formula is C22H30O3. The van der Waals surface area contributed by atoms with Crippen LogP contribution in [-0.4, -0.2) is 30.2 Å². The zero-order valence-corrected chi connectivity index (χ0v) is 15.3. The van der Waals surface area contributed by atoms with E-state index in [1.807, 2.05) is 0 Å². The van der Waals surface area contributed by atoms with Gasteiger partial charge >= 0.3 is 0 Å². The number of allylic oxidation sites excluding steroid dienone is 3. The zero-order valence-electron chi connectivity index (χ0n) is 15.3. The molecule has 25 heavy (non-hydrogen) atoms. The molecule has 4 unspecified atom stereocenters. The van der Waals surface area contributed by atoms with E-state index in [4.69, 9.17) is 9.47 Å². The molecule has 0 aromatic rings. The lowest BCUT2D eigenvalue weighted by Gasteiger charge is -2.48. The summed E-state index contributed by atoms with van der Waals surface area (Å²) in [6, 6.07) is 0. The summed E-state index contributed by atoms with van der Waals surface area (Å²) in [5, 5.41) is 10.5. The number of aliphatic hydroxyl groups is 1. The minimum absolute atomic E-state index is 0.101. The lowest BCUT2D eigenvalue weighted by molar-refractivity contribution is -0.164. The Kier molecular flexibility index (Phi) is 4.35. The van der Waals surface area contributed by atoms with Gasteiger partial charge in [-0.1, -0.05) is 18.6 Å². The van der Waals surface area contributed by atoms with Crippen molar-refractivity contribution in [1.29, 1.82) is 0 Å². The molecule has 0 aromatic heterocycles. The normalized spacial score (nSPS) is 41.3. The largest absolute Gasteiger partial charge is 0.393 e. The van der Waals surface area contributed by atoms with Crippen molar-refractivity contribution in [3.8, 4) is 12.8 Å². The topological polar surface area (TPSA) is 38.7 Å². The van der Waals surface area contributed by atoms with Crippen LogP contribution in [0.4, 0.5) is 0 Å². The molecule has 1 saturated carbocycles. The summed E-state index contributed by atoms with van der Waals surface area (Å²) < 4.78 is 11.9. The fraction of sp³-hybridized carbons (Fsp3) is 0.727. The van der Waals surface area contributed by atoms with E-state index in [1.165, 1.54) is 19.3 Å². The van der Waals surface area contributed by atoms with Crippen molar-refractivity contribution in [2.24, 2.45) is 17.3 Å². The number of fused-ring (bicyclic) bond motifs is 4. The van der Waals surface area contributed by atoms with Gasteiger partial charge in [0.25, 0.3) is 0 Å². The Bertz CT molecular complexity index is 622. The van der Waals surface area contributed by atoms with Crippen molar-refractivity contribution < 1.29 is 14.6 Å². The molecule has 0 bridgehead atoms. The van der Waals surface area contributed by atoms with Crippen molar-refractivity contribution in [3.05, 3.63) is 22.8 Å². The highest BCUT2D eigenvalue weighted by Gasteiger charge is 2.53. The maximum Gasteiger partial charge on any atom is 0.172 e. The van der Waals surface area contributed by atoms with E-state index in [1.54, 1.807) is 16.7 Å². The summed E-state index contributed by atoms with van der Waals surface area (Å²) in [6.45, 7) is 3.83.